The van der Waals surface area contributed by atoms with Gasteiger partial charge in [-0.1, -0.05) is 24.3 Å². The first-order valence-electron chi connectivity index (χ1n) is 7.20. The van der Waals surface area contributed by atoms with Crippen molar-refractivity contribution in [2.75, 3.05) is 10.6 Å². The van der Waals surface area contributed by atoms with E-state index in [4.69, 9.17) is 5.73 Å². The molecule has 0 spiro atoms. The number of hydrogen-bond acceptors (Lipinski definition) is 2. The number of rotatable bonds is 3. The second-order valence-corrected chi connectivity index (χ2v) is 5.42. The summed E-state index contributed by atoms with van der Waals surface area (Å²) in [6.07, 6.45) is 3.31. The molecule has 1 unspecified atom stereocenters. The van der Waals surface area contributed by atoms with E-state index >= 15 is 0 Å². The van der Waals surface area contributed by atoms with Crippen LogP contribution in [0.2, 0.25) is 0 Å². The van der Waals surface area contributed by atoms with Gasteiger partial charge in [-0.05, 0) is 54.7 Å². The Morgan fingerprint density at radius 2 is 1.67 bits per heavy atom. The number of carbonyl (C=O) groups excluding carboxylic acids is 1. The fourth-order valence-electron chi connectivity index (χ4n) is 2.85. The fourth-order valence-corrected chi connectivity index (χ4v) is 2.85. The van der Waals surface area contributed by atoms with E-state index in [0.717, 1.165) is 24.9 Å². The lowest BCUT2D eigenvalue weighted by molar-refractivity contribution is 0.259. The van der Waals surface area contributed by atoms with Crippen molar-refractivity contribution in [1.29, 1.82) is 0 Å². The average molecular weight is 281 g/mol. The summed E-state index contributed by atoms with van der Waals surface area (Å²) in [5.41, 5.74) is 9.77. The summed E-state index contributed by atoms with van der Waals surface area (Å²) < 4.78 is 0. The molecule has 4 N–H and O–H groups in total. The quantitative estimate of drug-likeness (QED) is 0.809. The molecule has 108 valence electrons. The molecule has 21 heavy (non-hydrogen) atoms. The van der Waals surface area contributed by atoms with Gasteiger partial charge in [0.25, 0.3) is 0 Å². The summed E-state index contributed by atoms with van der Waals surface area (Å²) in [7, 11) is 0. The summed E-state index contributed by atoms with van der Waals surface area (Å²) in [5, 5.41) is 6.12. The molecule has 0 aromatic heterocycles. The number of nitrogens with two attached hydrogens (primary N) is 1. The fraction of sp³-hybridized carbons (Fsp3) is 0.235. The maximum absolute atomic E-state index is 10.8. The third kappa shape index (κ3) is 3.34. The van der Waals surface area contributed by atoms with Crippen molar-refractivity contribution in [3.63, 3.8) is 0 Å². The van der Waals surface area contributed by atoms with Gasteiger partial charge in [-0.25, -0.2) is 4.79 Å². The Kier molecular flexibility index (Phi) is 3.77. The highest BCUT2D eigenvalue weighted by molar-refractivity contribution is 5.87. The number of primary amides is 1. The second-order valence-electron chi connectivity index (χ2n) is 5.42. The molecule has 2 aromatic rings. The zero-order valence-electron chi connectivity index (χ0n) is 11.8. The molecule has 3 rings (SSSR count). The molecule has 0 bridgehead atoms. The number of nitrogens with one attached hydrogen (secondary N) is 2. The van der Waals surface area contributed by atoms with E-state index in [9.17, 15) is 4.79 Å². The lowest BCUT2D eigenvalue weighted by Gasteiger charge is -2.26. The lowest BCUT2D eigenvalue weighted by atomic mass is 9.88. The summed E-state index contributed by atoms with van der Waals surface area (Å²) in [4.78, 5) is 10.8. The topological polar surface area (TPSA) is 67.2 Å². The van der Waals surface area contributed by atoms with E-state index in [1.807, 2.05) is 24.3 Å². The SMILES string of the molecule is NC(=O)Nc1ccc(NC2CCc3ccccc3C2)cc1. The van der Waals surface area contributed by atoms with Gasteiger partial charge in [0.15, 0.2) is 0 Å². The molecule has 0 saturated heterocycles. The van der Waals surface area contributed by atoms with Crippen molar-refractivity contribution in [3.8, 4) is 0 Å². The van der Waals surface area contributed by atoms with Crippen molar-refractivity contribution >= 4 is 17.4 Å². The molecule has 0 heterocycles. The molecule has 4 heteroatoms. The van der Waals surface area contributed by atoms with Crippen molar-refractivity contribution < 1.29 is 4.79 Å². The molecule has 2 aromatic carbocycles. The molecule has 0 radical (unpaired) electrons. The molecule has 1 atom stereocenters. The lowest BCUT2D eigenvalue weighted by Crippen LogP contribution is -2.27. The number of hydrogen-bond donors (Lipinski definition) is 3. The standard InChI is InChI=1S/C17H19N3O/c18-17(21)20-15-9-7-14(8-10-15)19-16-6-5-12-3-1-2-4-13(12)11-16/h1-4,7-10,16,19H,5-6,11H2,(H3,18,20,21). The van der Waals surface area contributed by atoms with Crippen LogP contribution in [0, 0.1) is 0 Å². The Morgan fingerprint density at radius 3 is 2.38 bits per heavy atom. The van der Waals surface area contributed by atoms with Gasteiger partial charge in [-0.15, -0.1) is 0 Å². The molecule has 2 amide bonds. The Morgan fingerprint density at radius 1 is 1.00 bits per heavy atom. The normalized spacial score (nSPS) is 16.9. The van der Waals surface area contributed by atoms with Crippen LogP contribution in [-0.4, -0.2) is 12.1 Å². The van der Waals surface area contributed by atoms with E-state index in [-0.39, 0.29) is 0 Å². The highest BCUT2D eigenvalue weighted by Gasteiger charge is 2.17. The second kappa shape index (κ2) is 5.87. The van der Waals surface area contributed by atoms with Crippen LogP contribution in [-0.2, 0) is 12.8 Å². The van der Waals surface area contributed by atoms with Crippen LogP contribution in [0.15, 0.2) is 48.5 Å². The highest BCUT2D eigenvalue weighted by atomic mass is 16.2. The smallest absolute Gasteiger partial charge is 0.316 e. The molecule has 4 nitrogen and oxygen atoms in total. The molecular formula is C17H19N3O. The van der Waals surface area contributed by atoms with Crippen LogP contribution in [0.4, 0.5) is 16.2 Å². The minimum absolute atomic E-state index is 0.454. The van der Waals surface area contributed by atoms with E-state index in [0.29, 0.717) is 11.7 Å². The zero-order valence-corrected chi connectivity index (χ0v) is 11.8. The van der Waals surface area contributed by atoms with Gasteiger partial charge >= 0.3 is 6.03 Å². The van der Waals surface area contributed by atoms with Crippen LogP contribution in [0.5, 0.6) is 0 Å². The number of aryl methyl sites for hydroxylation is 1. The van der Waals surface area contributed by atoms with Crippen molar-refractivity contribution in [1.82, 2.24) is 0 Å². The Balaban J connectivity index is 1.64. The molecule has 0 fully saturated rings. The van der Waals surface area contributed by atoms with E-state index < -0.39 is 6.03 Å². The van der Waals surface area contributed by atoms with Gasteiger partial charge in [-0.3, -0.25) is 0 Å². The summed E-state index contributed by atoms with van der Waals surface area (Å²) in [6, 6.07) is 16.2. The molecule has 0 saturated carbocycles. The highest BCUT2D eigenvalue weighted by Crippen LogP contribution is 2.24. The van der Waals surface area contributed by atoms with Crippen molar-refractivity contribution in [2.24, 2.45) is 5.73 Å². The Bertz CT molecular complexity index is 637. The minimum atomic E-state index is -0.542. The third-order valence-electron chi connectivity index (χ3n) is 3.87. The maximum atomic E-state index is 10.8. The third-order valence-corrected chi connectivity index (χ3v) is 3.87. The van der Waals surface area contributed by atoms with Gasteiger partial charge in [-0.2, -0.15) is 0 Å². The molecular weight excluding hydrogens is 262 g/mol. The van der Waals surface area contributed by atoms with E-state index in [1.54, 1.807) is 0 Å². The number of amides is 2. The summed E-state index contributed by atoms with van der Waals surface area (Å²) >= 11 is 0. The number of benzene rings is 2. The molecule has 1 aliphatic carbocycles. The number of anilines is 2. The minimum Gasteiger partial charge on any atom is -0.382 e. The van der Waals surface area contributed by atoms with Crippen LogP contribution < -0.4 is 16.4 Å². The van der Waals surface area contributed by atoms with E-state index in [1.165, 1.54) is 11.1 Å². The largest absolute Gasteiger partial charge is 0.382 e. The Labute approximate surface area is 124 Å². The van der Waals surface area contributed by atoms with Gasteiger partial charge in [0.2, 0.25) is 0 Å². The Hall–Kier alpha value is -2.49. The number of fused-ring (bicyclic) bond motifs is 1. The van der Waals surface area contributed by atoms with Gasteiger partial charge in [0.05, 0.1) is 0 Å². The van der Waals surface area contributed by atoms with Gasteiger partial charge in [0.1, 0.15) is 0 Å². The van der Waals surface area contributed by atoms with Crippen LogP contribution in [0.25, 0.3) is 0 Å². The first-order chi connectivity index (χ1) is 10.2. The van der Waals surface area contributed by atoms with Crippen LogP contribution >= 0.6 is 0 Å². The predicted octanol–water partition coefficient (Wildman–Crippen LogP) is 3.15. The molecule has 0 aliphatic heterocycles. The van der Waals surface area contributed by atoms with Gasteiger partial charge < -0.3 is 16.4 Å². The predicted molar refractivity (Wildman–Crippen MR) is 85.5 cm³/mol. The summed E-state index contributed by atoms with van der Waals surface area (Å²) in [5.74, 6) is 0. The first kappa shape index (κ1) is 13.5. The van der Waals surface area contributed by atoms with Crippen LogP contribution in [0.3, 0.4) is 0 Å². The first-order valence-corrected chi connectivity index (χ1v) is 7.20. The average Bonchev–Trinajstić information content (AvgIpc) is 2.49. The van der Waals surface area contributed by atoms with Crippen LogP contribution in [0.1, 0.15) is 17.5 Å². The zero-order chi connectivity index (χ0) is 14.7. The van der Waals surface area contributed by atoms with Crippen molar-refractivity contribution in [2.45, 2.75) is 25.3 Å². The van der Waals surface area contributed by atoms with Crippen molar-refractivity contribution in [3.05, 3.63) is 59.7 Å². The maximum Gasteiger partial charge on any atom is 0.316 e. The van der Waals surface area contributed by atoms with Gasteiger partial charge in [0, 0.05) is 17.4 Å². The monoisotopic (exact) mass is 281 g/mol. The molecule has 1 aliphatic rings. The summed E-state index contributed by atoms with van der Waals surface area (Å²) in [6.45, 7) is 0. The number of carbonyl (C=O) groups is 1. The number of urea groups is 1. The van der Waals surface area contributed by atoms with E-state index in [2.05, 4.69) is 34.9 Å².